The van der Waals surface area contributed by atoms with Crippen LogP contribution in [0.3, 0.4) is 0 Å². The Kier molecular flexibility index (Phi) is 8.38. The minimum atomic E-state index is -1.29. The van der Waals surface area contributed by atoms with Gasteiger partial charge in [0.2, 0.25) is 0 Å². The number of halogens is 1. The fourth-order valence-electron chi connectivity index (χ4n) is 0.467. The van der Waals surface area contributed by atoms with Crippen molar-refractivity contribution in [1.29, 1.82) is 0 Å². The minimum Gasteiger partial charge on any atom is -0.405 e. The molecule has 0 aromatic heterocycles. The van der Waals surface area contributed by atoms with Gasteiger partial charge in [-0.3, -0.25) is 0 Å². The van der Waals surface area contributed by atoms with Crippen LogP contribution in [0.5, 0.6) is 0 Å². The molecule has 1 atom stereocenters. The Morgan fingerprint density at radius 2 is 1.80 bits per heavy atom. The van der Waals surface area contributed by atoms with Crippen molar-refractivity contribution in [3.8, 4) is 0 Å². The fraction of sp³-hybridized carbons (Fsp3) is 1.00. The molecule has 1 nitrogen and oxygen atoms in total. The number of hydrogen-bond donors (Lipinski definition) is 0. The van der Waals surface area contributed by atoms with Crippen LogP contribution in [0.2, 0.25) is 19.6 Å². The van der Waals surface area contributed by atoms with Gasteiger partial charge in [-0.25, -0.2) is 0 Å². The van der Waals surface area contributed by atoms with Gasteiger partial charge in [0.05, 0.1) is 0 Å². The topological polar surface area (TPSA) is 9.23 Å². The van der Waals surface area contributed by atoms with Crippen molar-refractivity contribution in [1.82, 2.24) is 0 Å². The zero-order valence-corrected chi connectivity index (χ0v) is 9.16. The van der Waals surface area contributed by atoms with Crippen LogP contribution in [0.25, 0.3) is 0 Å². The SMILES string of the molecule is CCC(Br)O[Si](C)(C)C.[MgH2]. The fourth-order valence-corrected chi connectivity index (χ4v) is 3.08. The van der Waals surface area contributed by atoms with E-state index in [1.165, 1.54) is 0 Å². The highest BCUT2D eigenvalue weighted by Gasteiger charge is 2.17. The van der Waals surface area contributed by atoms with Crippen LogP contribution in [0.4, 0.5) is 0 Å². The van der Waals surface area contributed by atoms with Gasteiger partial charge >= 0.3 is 23.1 Å². The van der Waals surface area contributed by atoms with Gasteiger partial charge in [-0.1, -0.05) is 22.9 Å². The van der Waals surface area contributed by atoms with Crippen LogP contribution in [-0.4, -0.2) is 36.4 Å². The molecule has 0 rings (SSSR count). The van der Waals surface area contributed by atoms with E-state index < -0.39 is 8.32 Å². The molecule has 60 valence electrons. The first-order valence-corrected chi connectivity index (χ1v) is 7.60. The average Bonchev–Trinajstić information content (AvgIpc) is 1.62. The van der Waals surface area contributed by atoms with Gasteiger partial charge in [0.1, 0.15) is 5.01 Å². The van der Waals surface area contributed by atoms with Crippen LogP contribution in [0.1, 0.15) is 13.3 Å². The van der Waals surface area contributed by atoms with Crippen LogP contribution < -0.4 is 0 Å². The Morgan fingerprint density at radius 1 is 1.40 bits per heavy atom. The maximum atomic E-state index is 5.64. The molecule has 4 heteroatoms. The summed E-state index contributed by atoms with van der Waals surface area (Å²) in [6, 6.07) is 0. The molecule has 10 heavy (non-hydrogen) atoms. The highest BCUT2D eigenvalue weighted by Crippen LogP contribution is 2.13. The zero-order chi connectivity index (χ0) is 7.49. The second kappa shape index (κ2) is 6.00. The summed E-state index contributed by atoms with van der Waals surface area (Å²) in [5.41, 5.74) is 0. The summed E-state index contributed by atoms with van der Waals surface area (Å²) in [4.78, 5) is 0. The van der Waals surface area contributed by atoms with E-state index in [4.69, 9.17) is 4.43 Å². The molecule has 0 aromatic rings. The maximum Gasteiger partial charge on any atom is 0.316 e. The van der Waals surface area contributed by atoms with E-state index in [0.29, 0.717) is 0 Å². The second-order valence-corrected chi connectivity index (χ2v) is 8.53. The minimum absolute atomic E-state index is 0. The summed E-state index contributed by atoms with van der Waals surface area (Å²) >= 11 is 3.43. The van der Waals surface area contributed by atoms with E-state index in [-0.39, 0.29) is 28.1 Å². The molecule has 0 aliphatic heterocycles. The molecule has 0 heterocycles. The Hall–Kier alpha value is 1.42. The van der Waals surface area contributed by atoms with Gasteiger partial charge in [0, 0.05) is 0 Å². The van der Waals surface area contributed by atoms with Gasteiger partial charge in [-0.05, 0) is 26.1 Å². The Labute approximate surface area is 89.3 Å². The quantitative estimate of drug-likeness (QED) is 0.539. The summed E-state index contributed by atoms with van der Waals surface area (Å²) in [5, 5.41) is 0.268. The van der Waals surface area contributed by atoms with Crippen LogP contribution in [0, 0.1) is 0 Å². The summed E-state index contributed by atoms with van der Waals surface area (Å²) in [5.74, 6) is 0. The van der Waals surface area contributed by atoms with Crippen molar-refractivity contribution in [3.05, 3.63) is 0 Å². The first-order valence-electron chi connectivity index (χ1n) is 3.27. The predicted molar refractivity (Wildman–Crippen MR) is 56.0 cm³/mol. The molecule has 0 spiro atoms. The maximum absolute atomic E-state index is 5.64. The van der Waals surface area contributed by atoms with Crippen molar-refractivity contribution in [2.24, 2.45) is 0 Å². The molecule has 0 bridgehead atoms. The molecule has 0 fully saturated rings. The van der Waals surface area contributed by atoms with E-state index in [0.717, 1.165) is 6.42 Å². The first kappa shape index (κ1) is 14.0. The van der Waals surface area contributed by atoms with Gasteiger partial charge in [0.15, 0.2) is 8.32 Å². The standard InChI is InChI=1S/C6H15BrOSi.Mg.2H/c1-5-6(7)8-9(2,3)4;;;/h6H,5H2,1-4H3;;;. The van der Waals surface area contributed by atoms with Crippen molar-refractivity contribution >= 4 is 47.3 Å². The average molecular weight is 237 g/mol. The van der Waals surface area contributed by atoms with E-state index in [2.05, 4.69) is 42.5 Å². The van der Waals surface area contributed by atoms with Crippen molar-refractivity contribution in [2.75, 3.05) is 0 Å². The van der Waals surface area contributed by atoms with Crippen molar-refractivity contribution in [3.63, 3.8) is 0 Å². The molecular formula is C6H17BrMgOSi. The molecule has 0 aliphatic carbocycles. The monoisotopic (exact) mass is 236 g/mol. The van der Waals surface area contributed by atoms with Gasteiger partial charge < -0.3 is 4.43 Å². The molecule has 0 aliphatic rings. The lowest BCUT2D eigenvalue weighted by atomic mass is 10.5. The van der Waals surface area contributed by atoms with Crippen molar-refractivity contribution in [2.45, 2.75) is 38.0 Å². The molecule has 0 saturated heterocycles. The summed E-state index contributed by atoms with van der Waals surface area (Å²) in [6.07, 6.45) is 1.05. The highest BCUT2D eigenvalue weighted by atomic mass is 79.9. The van der Waals surface area contributed by atoms with Gasteiger partial charge in [-0.15, -0.1) is 0 Å². The highest BCUT2D eigenvalue weighted by molar-refractivity contribution is 9.09. The number of alkyl halides is 1. The van der Waals surface area contributed by atoms with E-state index in [1.54, 1.807) is 0 Å². The Bertz CT molecular complexity index is 84.3. The van der Waals surface area contributed by atoms with Crippen molar-refractivity contribution < 1.29 is 4.43 Å². The van der Waals surface area contributed by atoms with E-state index in [9.17, 15) is 0 Å². The lowest BCUT2D eigenvalue weighted by Crippen LogP contribution is -2.28. The lowest BCUT2D eigenvalue weighted by molar-refractivity contribution is 0.284. The molecule has 0 amide bonds. The third-order valence-corrected chi connectivity index (χ3v) is 2.97. The molecule has 0 saturated carbocycles. The second-order valence-electron chi connectivity index (χ2n) is 3.05. The van der Waals surface area contributed by atoms with E-state index in [1.807, 2.05) is 0 Å². The number of hydrogen-bond acceptors (Lipinski definition) is 1. The largest absolute Gasteiger partial charge is 0.405 e. The lowest BCUT2D eigenvalue weighted by Gasteiger charge is -2.20. The normalized spacial score (nSPS) is 14.1. The molecule has 1 unspecified atom stereocenters. The molecule has 0 radical (unpaired) electrons. The molecular weight excluding hydrogens is 220 g/mol. The summed E-state index contributed by atoms with van der Waals surface area (Å²) < 4.78 is 5.64. The van der Waals surface area contributed by atoms with Crippen LogP contribution in [0.15, 0.2) is 0 Å². The van der Waals surface area contributed by atoms with Crippen LogP contribution >= 0.6 is 15.9 Å². The van der Waals surface area contributed by atoms with Gasteiger partial charge in [0.25, 0.3) is 0 Å². The zero-order valence-electron chi connectivity index (χ0n) is 6.57. The Morgan fingerprint density at radius 3 is 1.90 bits per heavy atom. The van der Waals surface area contributed by atoms with Gasteiger partial charge in [-0.2, -0.15) is 0 Å². The van der Waals surface area contributed by atoms with Crippen LogP contribution in [-0.2, 0) is 4.43 Å². The third-order valence-electron chi connectivity index (χ3n) is 0.802. The third kappa shape index (κ3) is 9.42. The summed E-state index contributed by atoms with van der Waals surface area (Å²) in [6.45, 7) is 8.68. The smallest absolute Gasteiger partial charge is 0.316 e. The molecule has 0 N–H and O–H groups in total. The Balaban J connectivity index is 0. The predicted octanol–water partition coefficient (Wildman–Crippen LogP) is 2.05. The molecule has 0 aromatic carbocycles. The van der Waals surface area contributed by atoms with E-state index >= 15 is 0 Å². The number of rotatable bonds is 3. The summed E-state index contributed by atoms with van der Waals surface area (Å²) in [7, 11) is -1.29. The first-order chi connectivity index (χ1) is 3.95.